The zero-order valence-electron chi connectivity index (χ0n) is 24.9. The number of hydrogen-bond donors (Lipinski definition) is 3. The molecule has 0 radical (unpaired) electrons. The van der Waals surface area contributed by atoms with Gasteiger partial charge in [0.05, 0.1) is 34.7 Å². The summed E-state index contributed by atoms with van der Waals surface area (Å²) in [4.78, 5) is 44.4. The van der Waals surface area contributed by atoms with Crippen molar-refractivity contribution >= 4 is 51.6 Å². The second kappa shape index (κ2) is 13.1. The topological polar surface area (TPSA) is 109 Å². The van der Waals surface area contributed by atoms with Gasteiger partial charge in [-0.05, 0) is 49.7 Å². The fourth-order valence-corrected chi connectivity index (χ4v) is 6.11. The van der Waals surface area contributed by atoms with Crippen LogP contribution in [0.5, 0.6) is 0 Å². The predicted octanol–water partition coefficient (Wildman–Crippen LogP) is 4.80. The second-order valence-corrected chi connectivity index (χ2v) is 11.9. The third-order valence-electron chi connectivity index (χ3n) is 8.47. The molecule has 2 aliphatic heterocycles. The number of fused-ring (bicyclic) bond motifs is 1. The summed E-state index contributed by atoms with van der Waals surface area (Å²) in [5.41, 5.74) is 5.25. The number of aromatic amines is 1. The number of rotatable bonds is 8. The van der Waals surface area contributed by atoms with Crippen LogP contribution in [0.1, 0.15) is 18.4 Å². The highest BCUT2D eigenvalue weighted by atomic mass is 35.5. The Morgan fingerprint density at radius 3 is 2.64 bits per heavy atom. The van der Waals surface area contributed by atoms with E-state index in [-0.39, 0.29) is 17.9 Å². The number of anilines is 3. The van der Waals surface area contributed by atoms with E-state index in [1.807, 2.05) is 53.6 Å². The summed E-state index contributed by atoms with van der Waals surface area (Å²) < 4.78 is 0. The summed E-state index contributed by atoms with van der Waals surface area (Å²) in [6.07, 6.45) is 6.72. The van der Waals surface area contributed by atoms with Crippen molar-refractivity contribution in [1.29, 1.82) is 0 Å². The molecule has 4 aromatic rings. The van der Waals surface area contributed by atoms with Crippen LogP contribution in [0.15, 0.2) is 67.5 Å². The number of halogens is 1. The molecule has 2 saturated heterocycles. The molecule has 6 rings (SSSR count). The van der Waals surface area contributed by atoms with Gasteiger partial charge in [-0.25, -0.2) is 9.97 Å². The van der Waals surface area contributed by atoms with E-state index in [0.717, 1.165) is 72.4 Å². The Bertz CT molecular complexity index is 1670. The number of nitrogens with one attached hydrogen (secondary N) is 3. The van der Waals surface area contributed by atoms with Crippen molar-refractivity contribution in [2.45, 2.75) is 25.3 Å². The number of carbonyl (C=O) groups is 2. The third kappa shape index (κ3) is 6.56. The molecule has 0 bridgehead atoms. The zero-order chi connectivity index (χ0) is 30.6. The molecule has 0 saturated carbocycles. The Labute approximate surface area is 262 Å². The minimum absolute atomic E-state index is 0.0972. The Kier molecular flexibility index (Phi) is 8.81. The lowest BCUT2D eigenvalue weighted by atomic mass is 10.0. The van der Waals surface area contributed by atoms with E-state index >= 15 is 0 Å². The Morgan fingerprint density at radius 1 is 1.09 bits per heavy atom. The molecule has 0 unspecified atom stereocenters. The minimum Gasteiger partial charge on any atom is -0.367 e. The van der Waals surface area contributed by atoms with Crippen LogP contribution >= 0.6 is 11.6 Å². The molecule has 0 spiro atoms. The number of likely N-dealkylation sites (N-methyl/N-ethyl adjacent to an activating group) is 1. The molecule has 0 aliphatic carbocycles. The minimum atomic E-state index is -0.251. The molecule has 2 aliphatic rings. The van der Waals surface area contributed by atoms with Crippen molar-refractivity contribution in [1.82, 2.24) is 24.8 Å². The molecule has 44 heavy (non-hydrogen) atoms. The fraction of sp³-hybridized carbons (Fsp3) is 0.333. The molecule has 3 N–H and O–H groups in total. The predicted molar refractivity (Wildman–Crippen MR) is 176 cm³/mol. The number of nitrogens with zero attached hydrogens (tertiary/aromatic N) is 5. The Morgan fingerprint density at radius 2 is 1.86 bits per heavy atom. The van der Waals surface area contributed by atoms with E-state index in [9.17, 15) is 9.59 Å². The lowest BCUT2D eigenvalue weighted by molar-refractivity contribution is -0.131. The van der Waals surface area contributed by atoms with Crippen LogP contribution in [0.4, 0.5) is 17.3 Å². The van der Waals surface area contributed by atoms with Gasteiger partial charge in [-0.15, -0.1) is 0 Å². The smallest absolute Gasteiger partial charge is 0.247 e. The van der Waals surface area contributed by atoms with Gasteiger partial charge in [0, 0.05) is 68.0 Å². The quantitative estimate of drug-likeness (QED) is 0.245. The lowest BCUT2D eigenvalue weighted by Crippen LogP contribution is -2.45. The highest BCUT2D eigenvalue weighted by Crippen LogP contribution is 2.33. The van der Waals surface area contributed by atoms with Crippen molar-refractivity contribution < 1.29 is 9.59 Å². The fourth-order valence-electron chi connectivity index (χ4n) is 5.92. The first kappa shape index (κ1) is 29.7. The van der Waals surface area contributed by atoms with Gasteiger partial charge in [0.15, 0.2) is 0 Å². The van der Waals surface area contributed by atoms with Gasteiger partial charge in [-0.2, -0.15) is 0 Å². The van der Waals surface area contributed by atoms with E-state index in [0.29, 0.717) is 36.2 Å². The molecule has 10 nitrogen and oxygen atoms in total. The molecule has 228 valence electrons. The first-order chi connectivity index (χ1) is 21.4. The summed E-state index contributed by atoms with van der Waals surface area (Å²) in [5.74, 6) is 0.374. The molecule has 4 heterocycles. The van der Waals surface area contributed by atoms with Gasteiger partial charge >= 0.3 is 0 Å². The maximum atomic E-state index is 13.4. The maximum Gasteiger partial charge on any atom is 0.247 e. The maximum absolute atomic E-state index is 13.4. The molecule has 0 atom stereocenters. The van der Waals surface area contributed by atoms with Gasteiger partial charge in [-0.1, -0.05) is 42.4 Å². The summed E-state index contributed by atoms with van der Waals surface area (Å²) >= 11 is 6.51. The number of piperazine rings is 1. The number of carbonyl (C=O) groups excluding carboxylic acids is 2. The third-order valence-corrected chi connectivity index (χ3v) is 8.75. The van der Waals surface area contributed by atoms with Crippen molar-refractivity contribution in [3.63, 3.8) is 0 Å². The normalized spacial score (nSPS) is 16.2. The van der Waals surface area contributed by atoms with Gasteiger partial charge in [0.25, 0.3) is 0 Å². The Hall–Kier alpha value is -4.41. The number of aromatic nitrogens is 3. The number of piperidine rings is 1. The number of para-hydroxylation sites is 1. The van der Waals surface area contributed by atoms with Crippen molar-refractivity contribution in [3.05, 3.63) is 78.1 Å². The van der Waals surface area contributed by atoms with E-state index in [1.54, 1.807) is 6.20 Å². The number of benzene rings is 2. The van der Waals surface area contributed by atoms with Crippen molar-refractivity contribution in [2.75, 3.05) is 61.8 Å². The zero-order valence-corrected chi connectivity index (χ0v) is 25.6. The highest BCUT2D eigenvalue weighted by Gasteiger charge is 2.25. The monoisotopic (exact) mass is 612 g/mol. The molecular weight excluding hydrogens is 576 g/mol. The number of likely N-dealkylation sites (tertiary alicyclic amines) is 1. The summed E-state index contributed by atoms with van der Waals surface area (Å²) in [5, 5.41) is 7.93. The van der Waals surface area contributed by atoms with Crippen LogP contribution in [0, 0.1) is 0 Å². The van der Waals surface area contributed by atoms with Crippen molar-refractivity contribution in [2.24, 2.45) is 0 Å². The molecule has 11 heteroatoms. The summed E-state index contributed by atoms with van der Waals surface area (Å²) in [6.45, 7) is 8.46. The molecule has 2 amide bonds. The SMILES string of the molecule is C=CC(=O)Nc1ccc(CC(=O)N2CCC(Nc3ncc(Cl)c(-c4c[nH]c5ccccc45)n3)CC2)cc1N1CCN(C)CC1. The number of hydrogen-bond acceptors (Lipinski definition) is 7. The van der Waals surface area contributed by atoms with E-state index in [2.05, 4.69) is 44.0 Å². The van der Waals surface area contributed by atoms with Crippen LogP contribution in [0.2, 0.25) is 5.02 Å². The lowest BCUT2D eigenvalue weighted by Gasteiger charge is -2.35. The summed E-state index contributed by atoms with van der Waals surface area (Å²) in [7, 11) is 2.11. The van der Waals surface area contributed by atoms with Gasteiger partial charge in [0.2, 0.25) is 17.8 Å². The van der Waals surface area contributed by atoms with Crippen molar-refractivity contribution in [3.8, 4) is 11.3 Å². The number of amides is 2. The van der Waals surface area contributed by atoms with Crippen LogP contribution < -0.4 is 15.5 Å². The molecule has 2 aromatic heterocycles. The van der Waals surface area contributed by atoms with E-state index < -0.39 is 0 Å². The average Bonchev–Trinajstić information content (AvgIpc) is 3.47. The van der Waals surface area contributed by atoms with E-state index in [4.69, 9.17) is 16.6 Å². The van der Waals surface area contributed by atoms with Crippen LogP contribution in [-0.2, 0) is 16.0 Å². The van der Waals surface area contributed by atoms with Crippen LogP contribution in [-0.4, -0.2) is 88.9 Å². The Balaban J connectivity index is 1.08. The molecular formula is C33H37ClN8O2. The first-order valence-electron chi connectivity index (χ1n) is 15.0. The largest absolute Gasteiger partial charge is 0.367 e. The van der Waals surface area contributed by atoms with Gasteiger partial charge in [0.1, 0.15) is 0 Å². The molecule has 2 fully saturated rings. The highest BCUT2D eigenvalue weighted by molar-refractivity contribution is 6.33. The number of H-pyrrole nitrogens is 1. The van der Waals surface area contributed by atoms with Gasteiger partial charge in [-0.3, -0.25) is 9.59 Å². The van der Waals surface area contributed by atoms with E-state index in [1.165, 1.54) is 6.08 Å². The second-order valence-electron chi connectivity index (χ2n) is 11.4. The first-order valence-corrected chi connectivity index (χ1v) is 15.4. The standard InChI is InChI=1S/C33H37ClN8O2/c1-3-30(43)38-28-9-8-22(18-29(28)41-16-14-40(2)15-17-41)19-31(44)42-12-10-23(11-13-42)37-33-36-21-26(34)32(39-33)25-20-35-27-7-5-4-6-24(25)27/h3-9,18,20-21,23,35H,1,10-17,19H2,2H3,(H,38,43)(H,36,37,39). The van der Waals surface area contributed by atoms with Gasteiger partial charge < -0.3 is 30.3 Å². The molecule has 2 aromatic carbocycles. The average molecular weight is 613 g/mol. The van der Waals surface area contributed by atoms with Crippen LogP contribution in [0.25, 0.3) is 22.2 Å². The summed E-state index contributed by atoms with van der Waals surface area (Å²) in [6, 6.07) is 14.1. The van der Waals surface area contributed by atoms with Crippen LogP contribution in [0.3, 0.4) is 0 Å².